The first-order valence-corrected chi connectivity index (χ1v) is 11.7. The number of fused-ring (bicyclic) bond motifs is 1. The number of rotatable bonds is 8. The van der Waals surface area contributed by atoms with Gasteiger partial charge in [0.05, 0.1) is 11.1 Å². The molecular weight excluding hydrogens is 402 g/mol. The average Bonchev–Trinajstić information content (AvgIpc) is 2.80. The second-order valence-corrected chi connectivity index (χ2v) is 9.86. The maximum atomic E-state index is 12.9. The summed E-state index contributed by atoms with van der Waals surface area (Å²) in [5.74, 6) is 1.08. The van der Waals surface area contributed by atoms with E-state index >= 15 is 0 Å². The molecule has 174 valence electrons. The quantitative estimate of drug-likeness (QED) is 0.637. The number of aromatic nitrogens is 1. The van der Waals surface area contributed by atoms with Gasteiger partial charge in [0.2, 0.25) is 0 Å². The van der Waals surface area contributed by atoms with Crippen molar-refractivity contribution in [3.05, 3.63) is 41.6 Å². The zero-order chi connectivity index (χ0) is 23.3. The largest absolute Gasteiger partial charge is 0.369 e. The van der Waals surface area contributed by atoms with E-state index in [9.17, 15) is 9.59 Å². The van der Waals surface area contributed by atoms with Crippen molar-refractivity contribution in [2.24, 2.45) is 11.8 Å². The van der Waals surface area contributed by atoms with Crippen molar-refractivity contribution in [3.63, 3.8) is 0 Å². The fourth-order valence-electron chi connectivity index (χ4n) is 4.19. The Morgan fingerprint density at radius 3 is 2.47 bits per heavy atom. The number of benzene rings is 1. The van der Waals surface area contributed by atoms with Crippen molar-refractivity contribution in [3.8, 4) is 0 Å². The van der Waals surface area contributed by atoms with Crippen molar-refractivity contribution in [1.82, 2.24) is 15.6 Å². The van der Waals surface area contributed by atoms with Crippen LogP contribution in [0.4, 0.5) is 0 Å². The lowest BCUT2D eigenvalue weighted by Gasteiger charge is -2.30. The number of ether oxygens (including phenoxy) is 1. The maximum Gasteiger partial charge on any atom is 0.252 e. The molecule has 6 nitrogen and oxygen atoms in total. The van der Waals surface area contributed by atoms with E-state index in [0.29, 0.717) is 36.4 Å². The molecule has 0 spiro atoms. The molecule has 1 saturated carbocycles. The van der Waals surface area contributed by atoms with Crippen molar-refractivity contribution in [2.45, 2.75) is 64.9 Å². The summed E-state index contributed by atoms with van der Waals surface area (Å²) in [5.41, 5.74) is 1.78. The number of para-hydroxylation sites is 1. The first-order chi connectivity index (χ1) is 15.2. The minimum absolute atomic E-state index is 0.0318. The molecule has 0 bridgehead atoms. The van der Waals surface area contributed by atoms with E-state index in [1.165, 1.54) is 0 Å². The zero-order valence-electron chi connectivity index (χ0n) is 20.0. The monoisotopic (exact) mass is 439 g/mol. The van der Waals surface area contributed by atoms with Crippen LogP contribution in [-0.2, 0) is 9.53 Å². The molecule has 0 atom stereocenters. The van der Waals surface area contributed by atoms with Crippen LogP contribution in [0.15, 0.2) is 30.3 Å². The summed E-state index contributed by atoms with van der Waals surface area (Å²) < 4.78 is 5.26. The Hall–Kier alpha value is -2.47. The van der Waals surface area contributed by atoms with Crippen LogP contribution in [-0.4, -0.2) is 42.6 Å². The number of nitrogens with zero attached hydrogens (tertiary/aromatic N) is 1. The molecule has 1 aliphatic rings. The molecule has 1 heterocycles. The summed E-state index contributed by atoms with van der Waals surface area (Å²) in [4.78, 5) is 30.1. The maximum absolute atomic E-state index is 12.9. The highest BCUT2D eigenvalue weighted by Crippen LogP contribution is 2.36. The predicted molar refractivity (Wildman–Crippen MR) is 128 cm³/mol. The van der Waals surface area contributed by atoms with Crippen molar-refractivity contribution in [1.29, 1.82) is 0 Å². The van der Waals surface area contributed by atoms with Crippen LogP contribution in [0.25, 0.3) is 10.9 Å². The van der Waals surface area contributed by atoms with Gasteiger partial charge in [-0.25, -0.2) is 0 Å². The Balaban J connectivity index is 1.68. The fourth-order valence-corrected chi connectivity index (χ4v) is 4.19. The van der Waals surface area contributed by atoms with E-state index in [2.05, 4.69) is 24.5 Å². The van der Waals surface area contributed by atoms with E-state index in [1.54, 1.807) is 21.0 Å². The molecule has 1 aliphatic carbocycles. The zero-order valence-corrected chi connectivity index (χ0v) is 20.0. The molecule has 0 saturated heterocycles. The van der Waals surface area contributed by atoms with Gasteiger partial charge >= 0.3 is 0 Å². The Labute approximate surface area is 191 Å². The first-order valence-electron chi connectivity index (χ1n) is 11.7. The number of carbonyl (C=O) groups excluding carboxylic acids is 2. The number of amides is 2. The van der Waals surface area contributed by atoms with Crippen LogP contribution in [0.3, 0.4) is 0 Å². The lowest BCUT2D eigenvalue weighted by Crippen LogP contribution is -2.45. The van der Waals surface area contributed by atoms with Gasteiger partial charge in [0.25, 0.3) is 11.8 Å². The van der Waals surface area contributed by atoms with Gasteiger partial charge in [-0.3, -0.25) is 14.6 Å². The highest BCUT2D eigenvalue weighted by atomic mass is 16.5. The van der Waals surface area contributed by atoms with Gasteiger partial charge in [0.1, 0.15) is 5.60 Å². The van der Waals surface area contributed by atoms with Gasteiger partial charge in [-0.15, -0.1) is 0 Å². The van der Waals surface area contributed by atoms with Gasteiger partial charge < -0.3 is 15.4 Å². The molecule has 2 aromatic rings. The smallest absolute Gasteiger partial charge is 0.252 e. The lowest BCUT2D eigenvalue weighted by atomic mass is 9.80. The highest BCUT2D eigenvalue weighted by Gasteiger charge is 2.29. The van der Waals surface area contributed by atoms with E-state index in [4.69, 9.17) is 9.72 Å². The van der Waals surface area contributed by atoms with Gasteiger partial charge in [0.15, 0.2) is 0 Å². The summed E-state index contributed by atoms with van der Waals surface area (Å²) in [6.07, 6.45) is 4.07. The van der Waals surface area contributed by atoms with Crippen LogP contribution in [0.5, 0.6) is 0 Å². The van der Waals surface area contributed by atoms with Crippen LogP contribution >= 0.6 is 0 Å². The molecule has 1 aromatic carbocycles. The van der Waals surface area contributed by atoms with Crippen LogP contribution in [0.2, 0.25) is 0 Å². The molecule has 2 amide bonds. The number of carbonyl (C=O) groups is 2. The summed E-state index contributed by atoms with van der Waals surface area (Å²) in [6.45, 7) is 9.06. The average molecular weight is 440 g/mol. The Morgan fingerprint density at radius 1 is 1.12 bits per heavy atom. The Bertz CT molecular complexity index is 946. The third-order valence-corrected chi connectivity index (χ3v) is 6.52. The summed E-state index contributed by atoms with van der Waals surface area (Å²) in [7, 11) is 1.55. The second-order valence-electron chi connectivity index (χ2n) is 9.86. The highest BCUT2D eigenvalue weighted by molar-refractivity contribution is 6.06. The fraction of sp³-hybridized carbons (Fsp3) is 0.577. The van der Waals surface area contributed by atoms with Crippen molar-refractivity contribution >= 4 is 22.7 Å². The van der Waals surface area contributed by atoms with E-state index in [1.807, 2.05) is 30.3 Å². The number of pyridine rings is 1. The molecule has 0 aliphatic heterocycles. The van der Waals surface area contributed by atoms with Crippen LogP contribution < -0.4 is 10.6 Å². The van der Waals surface area contributed by atoms with Crippen molar-refractivity contribution < 1.29 is 14.3 Å². The topological polar surface area (TPSA) is 80.3 Å². The van der Waals surface area contributed by atoms with Crippen LogP contribution in [0, 0.1) is 11.8 Å². The van der Waals surface area contributed by atoms with Crippen LogP contribution in [0.1, 0.15) is 75.3 Å². The summed E-state index contributed by atoms with van der Waals surface area (Å²) in [6, 6.07) is 9.86. The molecule has 1 fully saturated rings. The van der Waals surface area contributed by atoms with Gasteiger partial charge in [-0.1, -0.05) is 32.0 Å². The number of methoxy groups -OCH3 is 1. The molecule has 32 heavy (non-hydrogen) atoms. The lowest BCUT2D eigenvalue weighted by molar-refractivity contribution is -0.139. The Morgan fingerprint density at radius 2 is 1.81 bits per heavy atom. The number of hydrogen-bond donors (Lipinski definition) is 2. The third kappa shape index (κ3) is 5.85. The molecule has 6 heteroatoms. The Kier molecular flexibility index (Phi) is 7.88. The summed E-state index contributed by atoms with van der Waals surface area (Å²) in [5, 5.41) is 6.99. The minimum Gasteiger partial charge on any atom is -0.369 e. The van der Waals surface area contributed by atoms with E-state index in [0.717, 1.165) is 42.3 Å². The molecule has 1 aromatic heterocycles. The number of nitrogens with one attached hydrogen (secondary N) is 2. The van der Waals surface area contributed by atoms with Gasteiger partial charge in [-0.2, -0.15) is 0 Å². The molecule has 0 unspecified atom stereocenters. The standard InChI is InChI=1S/C26H37N3O3/c1-17(2)15-27-24(30)21-14-23(29-22-9-7-6-8-20(21)22)19-12-10-18(11-13-19)16-28-25(31)26(3,4)32-5/h6-9,14,17-19H,10-13,15-16H2,1-5H3,(H,27,30)(H,28,31). The number of hydrogen-bond acceptors (Lipinski definition) is 4. The van der Waals surface area contributed by atoms with E-state index in [-0.39, 0.29) is 11.8 Å². The van der Waals surface area contributed by atoms with E-state index < -0.39 is 5.60 Å². The summed E-state index contributed by atoms with van der Waals surface area (Å²) >= 11 is 0. The minimum atomic E-state index is -0.807. The molecular formula is C26H37N3O3. The third-order valence-electron chi connectivity index (χ3n) is 6.52. The SMILES string of the molecule is COC(C)(C)C(=O)NCC1CCC(c2cc(C(=O)NCC(C)C)c3ccccc3n2)CC1. The molecule has 2 N–H and O–H groups in total. The molecule has 0 radical (unpaired) electrons. The molecule has 3 rings (SSSR count). The predicted octanol–water partition coefficient (Wildman–Crippen LogP) is 4.44. The van der Waals surface area contributed by atoms with Gasteiger partial charge in [0, 0.05) is 37.2 Å². The van der Waals surface area contributed by atoms with Crippen molar-refractivity contribution in [2.75, 3.05) is 20.2 Å². The van der Waals surface area contributed by atoms with Gasteiger partial charge in [-0.05, 0) is 63.5 Å². The second kappa shape index (κ2) is 10.4. The first kappa shape index (κ1) is 24.2. The normalized spacial score (nSPS) is 19.2.